The molecule has 0 unspecified atom stereocenters. The van der Waals surface area contributed by atoms with Gasteiger partial charge in [-0.15, -0.1) is 0 Å². The van der Waals surface area contributed by atoms with Crippen LogP contribution in [0, 0.1) is 0 Å². The highest BCUT2D eigenvalue weighted by molar-refractivity contribution is 9.10. The van der Waals surface area contributed by atoms with E-state index in [-0.39, 0.29) is 17.2 Å². The summed E-state index contributed by atoms with van der Waals surface area (Å²) in [6.45, 7) is 0. The van der Waals surface area contributed by atoms with Crippen LogP contribution in [-0.4, -0.2) is 22.8 Å². The number of rotatable bonds is 4. The molecule has 1 aliphatic rings. The Hall–Kier alpha value is -3.51. The number of benzene rings is 3. The average molecular weight is 447 g/mol. The summed E-state index contributed by atoms with van der Waals surface area (Å²) in [5, 5.41) is 9.04. The number of amidine groups is 1. The van der Waals surface area contributed by atoms with Gasteiger partial charge in [0.2, 0.25) is 0 Å². The molecule has 0 saturated carbocycles. The molecule has 5 nitrogen and oxygen atoms in total. The summed E-state index contributed by atoms with van der Waals surface area (Å²) < 4.78 is 0.917. The Kier molecular flexibility index (Phi) is 5.10. The Morgan fingerprint density at radius 1 is 0.931 bits per heavy atom. The molecule has 4 rings (SSSR count). The van der Waals surface area contributed by atoms with Gasteiger partial charge in [0.25, 0.3) is 5.91 Å². The van der Waals surface area contributed by atoms with E-state index in [1.807, 2.05) is 54.6 Å². The zero-order chi connectivity index (χ0) is 20.4. The number of halogens is 1. The number of aliphatic imine (C=N–C) groups is 1. The normalized spacial score (nSPS) is 14.9. The van der Waals surface area contributed by atoms with Gasteiger partial charge in [-0.05, 0) is 48.0 Å². The first-order valence-electron chi connectivity index (χ1n) is 8.82. The molecule has 3 aromatic rings. The second kappa shape index (κ2) is 7.85. The van der Waals surface area contributed by atoms with E-state index >= 15 is 0 Å². The highest BCUT2D eigenvalue weighted by Gasteiger charge is 2.32. The third-order valence-electron chi connectivity index (χ3n) is 4.44. The van der Waals surface area contributed by atoms with Crippen molar-refractivity contribution in [1.82, 2.24) is 0 Å². The lowest BCUT2D eigenvalue weighted by Gasteiger charge is -2.18. The van der Waals surface area contributed by atoms with Crippen molar-refractivity contribution in [1.29, 1.82) is 0 Å². The summed E-state index contributed by atoms with van der Waals surface area (Å²) in [6, 6.07) is 23.3. The van der Waals surface area contributed by atoms with Crippen LogP contribution in [0.5, 0.6) is 0 Å². The largest absolute Gasteiger partial charge is 0.478 e. The number of anilines is 1. The van der Waals surface area contributed by atoms with Gasteiger partial charge in [-0.25, -0.2) is 9.79 Å². The SMILES string of the molecule is O=C(O)c1ccc(/C=C2/N=C(c3ccccc3)N(c3ccc(Br)cc3)C2=O)cc1. The van der Waals surface area contributed by atoms with Gasteiger partial charge in [0.05, 0.1) is 11.3 Å². The van der Waals surface area contributed by atoms with E-state index in [1.165, 1.54) is 12.1 Å². The van der Waals surface area contributed by atoms with E-state index in [4.69, 9.17) is 5.11 Å². The van der Waals surface area contributed by atoms with Crippen molar-refractivity contribution in [2.45, 2.75) is 0 Å². The first-order valence-corrected chi connectivity index (χ1v) is 9.61. The van der Waals surface area contributed by atoms with Crippen LogP contribution in [0.3, 0.4) is 0 Å². The standard InChI is InChI=1S/C23H15BrN2O3/c24-18-10-12-19(13-11-18)26-21(16-4-2-1-3-5-16)25-20(22(26)27)14-15-6-8-17(9-7-15)23(28)29/h1-14H,(H,28,29)/b20-14+. The molecule has 0 aliphatic carbocycles. The van der Waals surface area contributed by atoms with Gasteiger partial charge in [-0.3, -0.25) is 9.69 Å². The molecule has 0 radical (unpaired) electrons. The summed E-state index contributed by atoms with van der Waals surface area (Å²) >= 11 is 3.41. The van der Waals surface area contributed by atoms with Crippen LogP contribution in [-0.2, 0) is 4.79 Å². The Morgan fingerprint density at radius 3 is 2.21 bits per heavy atom. The topological polar surface area (TPSA) is 70.0 Å². The van der Waals surface area contributed by atoms with Gasteiger partial charge < -0.3 is 5.11 Å². The summed E-state index contributed by atoms with van der Waals surface area (Å²) in [7, 11) is 0. The number of hydrogen-bond acceptors (Lipinski definition) is 3. The molecule has 6 heteroatoms. The molecule has 1 amide bonds. The number of aromatic carboxylic acids is 1. The molecular weight excluding hydrogens is 432 g/mol. The monoisotopic (exact) mass is 446 g/mol. The van der Waals surface area contributed by atoms with Crippen LogP contribution in [0.15, 0.2) is 94.0 Å². The Bertz CT molecular complexity index is 1140. The minimum atomic E-state index is -0.994. The highest BCUT2D eigenvalue weighted by atomic mass is 79.9. The van der Waals surface area contributed by atoms with E-state index in [0.29, 0.717) is 17.1 Å². The number of carboxylic acids is 1. The predicted octanol–water partition coefficient (Wildman–Crippen LogP) is 4.98. The van der Waals surface area contributed by atoms with Gasteiger partial charge in [0.15, 0.2) is 0 Å². The maximum Gasteiger partial charge on any atom is 0.335 e. The fourth-order valence-electron chi connectivity index (χ4n) is 3.01. The average Bonchev–Trinajstić information content (AvgIpc) is 3.06. The van der Waals surface area contributed by atoms with Gasteiger partial charge >= 0.3 is 5.97 Å². The maximum atomic E-state index is 13.2. The molecule has 1 N–H and O–H groups in total. The zero-order valence-electron chi connectivity index (χ0n) is 15.1. The van der Waals surface area contributed by atoms with E-state index in [1.54, 1.807) is 23.1 Å². The number of carboxylic acid groups (broad SMARTS) is 1. The zero-order valence-corrected chi connectivity index (χ0v) is 16.7. The quantitative estimate of drug-likeness (QED) is 0.574. The van der Waals surface area contributed by atoms with Crippen LogP contribution in [0.4, 0.5) is 5.69 Å². The Morgan fingerprint density at radius 2 is 1.59 bits per heavy atom. The van der Waals surface area contributed by atoms with Crippen LogP contribution in [0.1, 0.15) is 21.5 Å². The van der Waals surface area contributed by atoms with Gasteiger partial charge in [0, 0.05) is 10.0 Å². The first-order chi connectivity index (χ1) is 14.0. The summed E-state index contributed by atoms with van der Waals surface area (Å²) in [5.74, 6) is -0.688. The fourth-order valence-corrected chi connectivity index (χ4v) is 3.27. The van der Waals surface area contributed by atoms with Crippen molar-refractivity contribution < 1.29 is 14.7 Å². The third-order valence-corrected chi connectivity index (χ3v) is 4.97. The van der Waals surface area contributed by atoms with Crippen molar-refractivity contribution in [3.8, 4) is 0 Å². The van der Waals surface area contributed by atoms with Gasteiger partial charge in [-0.1, -0.05) is 58.4 Å². The molecule has 29 heavy (non-hydrogen) atoms. The van der Waals surface area contributed by atoms with Crippen LogP contribution >= 0.6 is 15.9 Å². The highest BCUT2D eigenvalue weighted by Crippen LogP contribution is 2.28. The number of nitrogens with zero attached hydrogens (tertiary/aromatic N) is 2. The van der Waals surface area contributed by atoms with Crippen LogP contribution in [0.2, 0.25) is 0 Å². The van der Waals surface area contributed by atoms with E-state index in [2.05, 4.69) is 20.9 Å². The van der Waals surface area contributed by atoms with Crippen LogP contribution < -0.4 is 4.90 Å². The minimum Gasteiger partial charge on any atom is -0.478 e. The van der Waals surface area contributed by atoms with Crippen molar-refractivity contribution >= 4 is 45.4 Å². The van der Waals surface area contributed by atoms with E-state index in [0.717, 1.165) is 10.0 Å². The number of carbonyl (C=O) groups excluding carboxylic acids is 1. The summed E-state index contributed by atoms with van der Waals surface area (Å²) in [5.41, 5.74) is 2.72. The fraction of sp³-hybridized carbons (Fsp3) is 0. The lowest BCUT2D eigenvalue weighted by atomic mass is 10.1. The first kappa shape index (κ1) is 18.8. The Labute approximate surface area is 175 Å². The van der Waals surface area contributed by atoms with Crippen molar-refractivity contribution in [3.63, 3.8) is 0 Å². The molecule has 0 atom stereocenters. The minimum absolute atomic E-state index is 0.190. The van der Waals surface area contributed by atoms with Crippen molar-refractivity contribution in [2.75, 3.05) is 4.90 Å². The second-order valence-corrected chi connectivity index (χ2v) is 7.29. The molecule has 1 aliphatic heterocycles. The molecule has 0 aromatic heterocycles. The number of amides is 1. The summed E-state index contributed by atoms with van der Waals surface area (Å²) in [6.07, 6.45) is 1.66. The van der Waals surface area contributed by atoms with E-state index < -0.39 is 5.97 Å². The van der Waals surface area contributed by atoms with E-state index in [9.17, 15) is 9.59 Å². The molecule has 1 heterocycles. The molecule has 0 fully saturated rings. The Balaban J connectivity index is 1.77. The third kappa shape index (κ3) is 3.88. The van der Waals surface area contributed by atoms with Crippen molar-refractivity contribution in [2.24, 2.45) is 4.99 Å². The second-order valence-electron chi connectivity index (χ2n) is 6.38. The van der Waals surface area contributed by atoms with Crippen molar-refractivity contribution in [3.05, 3.63) is 106 Å². The smallest absolute Gasteiger partial charge is 0.335 e. The van der Waals surface area contributed by atoms with Crippen LogP contribution in [0.25, 0.3) is 6.08 Å². The molecule has 0 spiro atoms. The molecular formula is C23H15BrN2O3. The lowest BCUT2D eigenvalue weighted by Crippen LogP contribution is -2.32. The molecule has 142 valence electrons. The summed E-state index contributed by atoms with van der Waals surface area (Å²) in [4.78, 5) is 30.4. The van der Waals surface area contributed by atoms with Gasteiger partial charge in [-0.2, -0.15) is 0 Å². The maximum absolute atomic E-state index is 13.2. The predicted molar refractivity (Wildman–Crippen MR) is 116 cm³/mol. The molecule has 0 saturated heterocycles. The molecule has 0 bridgehead atoms. The number of carbonyl (C=O) groups is 2. The number of hydrogen-bond donors (Lipinski definition) is 1. The van der Waals surface area contributed by atoms with Gasteiger partial charge in [0.1, 0.15) is 11.5 Å². The molecule has 3 aromatic carbocycles. The lowest BCUT2D eigenvalue weighted by molar-refractivity contribution is -0.113.